The highest BCUT2D eigenvalue weighted by atomic mass is 16.5. The summed E-state index contributed by atoms with van der Waals surface area (Å²) in [5.41, 5.74) is 3.79. The molecule has 7 heteroatoms. The van der Waals surface area contributed by atoms with E-state index in [-0.39, 0.29) is 0 Å². The van der Waals surface area contributed by atoms with E-state index in [0.29, 0.717) is 18.2 Å². The summed E-state index contributed by atoms with van der Waals surface area (Å²) in [4.78, 5) is 1.44. The highest BCUT2D eigenvalue weighted by molar-refractivity contribution is 5.60. The normalized spacial score (nSPS) is 10.9. The molecule has 0 aliphatic rings. The van der Waals surface area contributed by atoms with Crippen LogP contribution in [0.5, 0.6) is 5.75 Å². The molecule has 0 saturated carbocycles. The number of aryl methyl sites for hydroxylation is 4. The highest BCUT2D eigenvalue weighted by Gasteiger charge is 2.12. The predicted octanol–water partition coefficient (Wildman–Crippen LogP) is 2.37. The van der Waals surface area contributed by atoms with Crippen molar-refractivity contribution in [2.45, 2.75) is 27.4 Å². The van der Waals surface area contributed by atoms with E-state index in [1.54, 1.807) is 7.05 Å². The summed E-state index contributed by atoms with van der Waals surface area (Å²) in [6.07, 6.45) is 0. The highest BCUT2D eigenvalue weighted by Crippen LogP contribution is 2.29. The number of benzene rings is 1. The van der Waals surface area contributed by atoms with Crippen molar-refractivity contribution in [3.8, 4) is 17.1 Å². The fourth-order valence-electron chi connectivity index (χ4n) is 2.33. The lowest BCUT2D eigenvalue weighted by Gasteiger charge is -2.12. The third-order valence-electron chi connectivity index (χ3n) is 3.26. The van der Waals surface area contributed by atoms with Gasteiger partial charge in [0.15, 0.2) is 5.76 Å². The van der Waals surface area contributed by atoms with E-state index in [2.05, 4.69) is 20.6 Å². The average molecular weight is 299 g/mol. The molecule has 0 amide bonds. The third kappa shape index (κ3) is 2.83. The number of aromatic nitrogens is 5. The summed E-state index contributed by atoms with van der Waals surface area (Å²) < 4.78 is 11.0. The van der Waals surface area contributed by atoms with Gasteiger partial charge in [-0.15, -0.1) is 10.2 Å². The molecule has 3 rings (SSSR count). The second kappa shape index (κ2) is 5.59. The van der Waals surface area contributed by atoms with Crippen LogP contribution >= 0.6 is 0 Å². The fraction of sp³-hybridized carbons (Fsp3) is 0.333. The molecule has 0 spiro atoms. The molecule has 7 nitrogen and oxygen atoms in total. The van der Waals surface area contributed by atoms with Gasteiger partial charge < -0.3 is 9.26 Å². The molecule has 0 atom stereocenters. The Morgan fingerprint density at radius 3 is 2.41 bits per heavy atom. The van der Waals surface area contributed by atoms with Crippen LogP contribution in [0.4, 0.5) is 0 Å². The van der Waals surface area contributed by atoms with Crippen molar-refractivity contribution in [2.75, 3.05) is 0 Å². The molecule has 0 saturated heterocycles. The van der Waals surface area contributed by atoms with Gasteiger partial charge in [-0.1, -0.05) is 5.16 Å². The molecule has 0 fully saturated rings. The van der Waals surface area contributed by atoms with Crippen LogP contribution in [-0.2, 0) is 13.7 Å². The van der Waals surface area contributed by atoms with Gasteiger partial charge in [-0.25, -0.2) is 0 Å². The first-order valence-electron chi connectivity index (χ1n) is 6.93. The number of hydrogen-bond acceptors (Lipinski definition) is 6. The molecular formula is C15H17N5O2. The van der Waals surface area contributed by atoms with Gasteiger partial charge in [0.05, 0.1) is 12.7 Å². The summed E-state index contributed by atoms with van der Waals surface area (Å²) >= 11 is 0. The van der Waals surface area contributed by atoms with Gasteiger partial charge in [-0.3, -0.25) is 0 Å². The van der Waals surface area contributed by atoms with E-state index in [1.165, 1.54) is 4.80 Å². The summed E-state index contributed by atoms with van der Waals surface area (Å²) in [6.45, 7) is 6.22. The van der Waals surface area contributed by atoms with Crippen LogP contribution in [-0.4, -0.2) is 25.4 Å². The smallest absolute Gasteiger partial charge is 0.204 e. The zero-order chi connectivity index (χ0) is 15.7. The van der Waals surface area contributed by atoms with Crippen molar-refractivity contribution in [1.29, 1.82) is 0 Å². The molecule has 3 aromatic rings. The molecule has 114 valence electrons. The minimum Gasteiger partial charge on any atom is -0.485 e. The molecule has 0 aliphatic carbocycles. The van der Waals surface area contributed by atoms with Crippen LogP contribution in [0.1, 0.15) is 22.6 Å². The minimum absolute atomic E-state index is 0.352. The van der Waals surface area contributed by atoms with Crippen LogP contribution in [0.25, 0.3) is 11.4 Å². The Hall–Kier alpha value is -2.70. The number of nitrogens with zero attached hydrogens (tertiary/aromatic N) is 5. The largest absolute Gasteiger partial charge is 0.485 e. The molecule has 1 aromatic carbocycles. The van der Waals surface area contributed by atoms with Gasteiger partial charge >= 0.3 is 0 Å². The van der Waals surface area contributed by atoms with Crippen molar-refractivity contribution in [3.05, 3.63) is 40.8 Å². The molecular weight excluding hydrogens is 282 g/mol. The number of hydrogen-bond donors (Lipinski definition) is 0. The Bertz CT molecular complexity index is 783. The number of tetrazole rings is 1. The van der Waals surface area contributed by atoms with E-state index in [0.717, 1.165) is 28.1 Å². The summed E-state index contributed by atoms with van der Waals surface area (Å²) in [5.74, 6) is 2.14. The van der Waals surface area contributed by atoms with Crippen molar-refractivity contribution in [3.63, 3.8) is 0 Å². The summed E-state index contributed by atoms with van der Waals surface area (Å²) in [6, 6.07) is 5.85. The Kier molecular flexibility index (Phi) is 3.62. The lowest BCUT2D eigenvalue weighted by atomic mass is 10.1. The Balaban J connectivity index is 1.83. The van der Waals surface area contributed by atoms with Crippen molar-refractivity contribution >= 4 is 0 Å². The third-order valence-corrected chi connectivity index (χ3v) is 3.26. The molecule has 0 unspecified atom stereocenters. The molecule has 0 radical (unpaired) electrons. The predicted molar refractivity (Wildman–Crippen MR) is 79.3 cm³/mol. The van der Waals surface area contributed by atoms with Crippen molar-refractivity contribution in [2.24, 2.45) is 7.05 Å². The van der Waals surface area contributed by atoms with E-state index in [9.17, 15) is 0 Å². The monoisotopic (exact) mass is 299 g/mol. The fourth-order valence-corrected chi connectivity index (χ4v) is 2.33. The lowest BCUT2D eigenvalue weighted by molar-refractivity contribution is 0.246. The maximum atomic E-state index is 5.87. The number of rotatable bonds is 4. The molecule has 22 heavy (non-hydrogen) atoms. The molecule has 0 aliphatic heterocycles. The first-order chi connectivity index (χ1) is 10.5. The second-order valence-electron chi connectivity index (χ2n) is 5.26. The van der Waals surface area contributed by atoms with Gasteiger partial charge in [0, 0.05) is 11.6 Å². The van der Waals surface area contributed by atoms with Crippen LogP contribution in [0.3, 0.4) is 0 Å². The maximum absolute atomic E-state index is 5.87. The van der Waals surface area contributed by atoms with Crippen molar-refractivity contribution in [1.82, 2.24) is 25.4 Å². The van der Waals surface area contributed by atoms with E-state index < -0.39 is 0 Å². The quantitative estimate of drug-likeness (QED) is 0.736. The summed E-state index contributed by atoms with van der Waals surface area (Å²) in [7, 11) is 1.74. The minimum atomic E-state index is 0.352. The van der Waals surface area contributed by atoms with Gasteiger partial charge in [0.2, 0.25) is 5.82 Å². The SMILES string of the molecule is Cc1cc(COc2c(C)cc(-c3nnn(C)n3)cc2C)on1. The zero-order valence-corrected chi connectivity index (χ0v) is 13.0. The van der Waals surface area contributed by atoms with Crippen molar-refractivity contribution < 1.29 is 9.26 Å². The van der Waals surface area contributed by atoms with Gasteiger partial charge in [0.25, 0.3) is 0 Å². The molecule has 0 bridgehead atoms. The van der Waals surface area contributed by atoms with Crippen LogP contribution in [0.2, 0.25) is 0 Å². The second-order valence-corrected chi connectivity index (χ2v) is 5.26. The van der Waals surface area contributed by atoms with E-state index >= 15 is 0 Å². The molecule has 0 N–H and O–H groups in total. The van der Waals surface area contributed by atoms with Gasteiger partial charge in [0.1, 0.15) is 12.4 Å². The Morgan fingerprint density at radius 2 is 1.86 bits per heavy atom. The standard InChI is InChI=1S/C15H17N5O2/c1-9-5-12(15-16-19-20(4)17-15)6-10(2)14(9)21-8-13-7-11(3)18-22-13/h5-7H,8H2,1-4H3. The first kappa shape index (κ1) is 14.2. The topological polar surface area (TPSA) is 78.9 Å². The van der Waals surface area contributed by atoms with Gasteiger partial charge in [-0.2, -0.15) is 4.80 Å². The zero-order valence-electron chi connectivity index (χ0n) is 13.0. The van der Waals surface area contributed by atoms with Crippen LogP contribution in [0, 0.1) is 20.8 Å². The summed E-state index contributed by atoms with van der Waals surface area (Å²) in [5, 5.41) is 16.0. The first-order valence-corrected chi connectivity index (χ1v) is 6.93. The number of ether oxygens (including phenoxy) is 1. The Labute approximate surface area is 127 Å². The van der Waals surface area contributed by atoms with E-state index in [4.69, 9.17) is 9.26 Å². The molecule has 2 heterocycles. The van der Waals surface area contributed by atoms with Crippen LogP contribution < -0.4 is 4.74 Å². The maximum Gasteiger partial charge on any atom is 0.204 e. The lowest BCUT2D eigenvalue weighted by Crippen LogP contribution is -1.99. The average Bonchev–Trinajstić information content (AvgIpc) is 3.06. The van der Waals surface area contributed by atoms with Gasteiger partial charge in [-0.05, 0) is 49.2 Å². The Morgan fingerprint density at radius 1 is 1.14 bits per heavy atom. The molecule has 2 aromatic heterocycles. The van der Waals surface area contributed by atoms with Crippen LogP contribution in [0.15, 0.2) is 22.7 Å². The van der Waals surface area contributed by atoms with E-state index in [1.807, 2.05) is 39.0 Å².